The average molecular weight is 328 g/mol. The molecule has 7 heteroatoms. The van der Waals surface area contributed by atoms with E-state index in [0.29, 0.717) is 25.3 Å². The summed E-state index contributed by atoms with van der Waals surface area (Å²) in [6.45, 7) is 0.706. The van der Waals surface area contributed by atoms with E-state index in [2.05, 4.69) is 9.97 Å². The van der Waals surface area contributed by atoms with Gasteiger partial charge in [0.1, 0.15) is 17.7 Å². The Morgan fingerprint density at radius 1 is 1.38 bits per heavy atom. The zero-order chi connectivity index (χ0) is 17.1. The molecule has 0 spiro atoms. The van der Waals surface area contributed by atoms with Crippen molar-refractivity contribution in [3.63, 3.8) is 0 Å². The molecule has 1 atom stereocenters. The molecule has 1 aliphatic heterocycles. The molecular weight excluding hydrogens is 308 g/mol. The van der Waals surface area contributed by atoms with Crippen molar-refractivity contribution in [2.45, 2.75) is 25.6 Å². The molecule has 126 valence electrons. The number of carbonyl (C=O) groups excluding carboxylic acids is 1. The summed E-state index contributed by atoms with van der Waals surface area (Å²) in [5, 5.41) is 9.60. The minimum absolute atomic E-state index is 0.0833. The second-order valence-electron chi connectivity index (χ2n) is 5.73. The van der Waals surface area contributed by atoms with E-state index in [0.717, 1.165) is 22.6 Å². The number of aliphatic hydroxyl groups is 1. The summed E-state index contributed by atoms with van der Waals surface area (Å²) in [6, 6.07) is 7.75. The van der Waals surface area contributed by atoms with Crippen LogP contribution in [-0.2, 0) is 24.3 Å². The first kappa shape index (κ1) is 16.4. The molecule has 0 aliphatic carbocycles. The molecule has 3 N–H and O–H groups in total. The molecule has 3 rings (SSSR count). The predicted octanol–water partition coefficient (Wildman–Crippen LogP) is 0.238. The number of nitrogens with zero attached hydrogens (tertiary/aromatic N) is 3. The molecule has 0 saturated heterocycles. The van der Waals surface area contributed by atoms with Crippen LogP contribution in [0.1, 0.15) is 22.6 Å². The van der Waals surface area contributed by atoms with Crippen molar-refractivity contribution in [2.75, 3.05) is 13.7 Å². The predicted molar refractivity (Wildman–Crippen MR) is 87.1 cm³/mol. The molecule has 2 heterocycles. The van der Waals surface area contributed by atoms with Crippen LogP contribution in [0.15, 0.2) is 30.5 Å². The number of methoxy groups -OCH3 is 1. The highest BCUT2D eigenvalue weighted by Crippen LogP contribution is 2.22. The standard InChI is InChI=1S/C17H20N4O3/c1-24-13-4-2-11(3-5-13)6-16-19-8-12-9-21(10-14(12)20-16)17(23)15(22)7-18/h2-5,8,15,22H,6-7,9-10,18H2,1H3. The molecule has 24 heavy (non-hydrogen) atoms. The van der Waals surface area contributed by atoms with Gasteiger partial charge < -0.3 is 20.5 Å². The highest BCUT2D eigenvalue weighted by Gasteiger charge is 2.28. The van der Waals surface area contributed by atoms with Crippen LogP contribution in [0.4, 0.5) is 0 Å². The monoisotopic (exact) mass is 328 g/mol. The van der Waals surface area contributed by atoms with Crippen molar-refractivity contribution in [2.24, 2.45) is 5.73 Å². The number of ether oxygens (including phenoxy) is 1. The Bertz CT molecular complexity index is 733. The van der Waals surface area contributed by atoms with Gasteiger partial charge in [0.15, 0.2) is 0 Å². The molecule has 1 aromatic carbocycles. The lowest BCUT2D eigenvalue weighted by molar-refractivity contribution is -0.140. The van der Waals surface area contributed by atoms with Gasteiger partial charge in [0.25, 0.3) is 5.91 Å². The largest absolute Gasteiger partial charge is 0.497 e. The van der Waals surface area contributed by atoms with Crippen LogP contribution in [0.2, 0.25) is 0 Å². The Kier molecular flexibility index (Phi) is 4.73. The van der Waals surface area contributed by atoms with Gasteiger partial charge in [-0.15, -0.1) is 0 Å². The summed E-state index contributed by atoms with van der Waals surface area (Å²) in [5.74, 6) is 1.14. The van der Waals surface area contributed by atoms with E-state index in [1.165, 1.54) is 0 Å². The van der Waals surface area contributed by atoms with Crippen LogP contribution in [0.25, 0.3) is 0 Å². The fourth-order valence-corrected chi connectivity index (χ4v) is 2.67. The van der Waals surface area contributed by atoms with Crippen LogP contribution >= 0.6 is 0 Å². The molecule has 1 aliphatic rings. The van der Waals surface area contributed by atoms with Gasteiger partial charge in [0, 0.05) is 31.3 Å². The van der Waals surface area contributed by atoms with Crippen LogP contribution in [0.5, 0.6) is 5.75 Å². The Morgan fingerprint density at radius 3 is 2.79 bits per heavy atom. The van der Waals surface area contributed by atoms with Crippen molar-refractivity contribution < 1.29 is 14.6 Å². The first-order chi connectivity index (χ1) is 11.6. The Labute approximate surface area is 140 Å². The van der Waals surface area contributed by atoms with E-state index in [1.54, 1.807) is 18.2 Å². The maximum atomic E-state index is 12.0. The number of aliphatic hydroxyl groups excluding tert-OH is 1. The smallest absolute Gasteiger partial charge is 0.253 e. The number of carbonyl (C=O) groups is 1. The number of hydrogen-bond donors (Lipinski definition) is 2. The SMILES string of the molecule is COc1ccc(Cc2ncc3c(n2)CN(C(=O)C(O)CN)C3)cc1. The van der Waals surface area contributed by atoms with Gasteiger partial charge in [-0.3, -0.25) is 4.79 Å². The normalized spacial score (nSPS) is 14.4. The number of benzene rings is 1. The molecule has 7 nitrogen and oxygen atoms in total. The maximum absolute atomic E-state index is 12.0. The van der Waals surface area contributed by atoms with Gasteiger partial charge in [-0.25, -0.2) is 9.97 Å². The number of hydrogen-bond acceptors (Lipinski definition) is 6. The van der Waals surface area contributed by atoms with Crippen molar-refractivity contribution >= 4 is 5.91 Å². The number of nitrogens with two attached hydrogens (primary N) is 1. The van der Waals surface area contributed by atoms with E-state index in [-0.39, 0.29) is 12.5 Å². The Hall–Kier alpha value is -2.51. The summed E-state index contributed by atoms with van der Waals surface area (Å²) >= 11 is 0. The van der Waals surface area contributed by atoms with Crippen molar-refractivity contribution in [3.8, 4) is 5.75 Å². The summed E-state index contributed by atoms with van der Waals surface area (Å²) in [6.07, 6.45) is 1.20. The highest BCUT2D eigenvalue weighted by atomic mass is 16.5. The number of amides is 1. The minimum atomic E-state index is -1.16. The molecule has 1 aromatic heterocycles. The number of fused-ring (bicyclic) bond motifs is 1. The van der Waals surface area contributed by atoms with Crippen LogP contribution < -0.4 is 10.5 Å². The second kappa shape index (κ2) is 6.94. The molecule has 0 saturated carbocycles. The van der Waals surface area contributed by atoms with Gasteiger partial charge in [0.2, 0.25) is 0 Å². The van der Waals surface area contributed by atoms with Crippen LogP contribution in [0, 0.1) is 0 Å². The van der Waals surface area contributed by atoms with E-state index in [9.17, 15) is 9.90 Å². The van der Waals surface area contributed by atoms with Crippen LogP contribution in [0.3, 0.4) is 0 Å². The van der Waals surface area contributed by atoms with Crippen molar-refractivity contribution in [1.29, 1.82) is 0 Å². The molecule has 0 fully saturated rings. The fourth-order valence-electron chi connectivity index (χ4n) is 2.67. The van der Waals surface area contributed by atoms with Crippen LogP contribution in [-0.4, -0.2) is 45.6 Å². The lowest BCUT2D eigenvalue weighted by atomic mass is 10.1. The van der Waals surface area contributed by atoms with Gasteiger partial charge in [-0.1, -0.05) is 12.1 Å². The topological polar surface area (TPSA) is 102 Å². The Balaban J connectivity index is 1.71. The third-order valence-electron chi connectivity index (χ3n) is 4.05. The number of rotatable bonds is 5. The summed E-state index contributed by atoms with van der Waals surface area (Å²) < 4.78 is 5.14. The van der Waals surface area contributed by atoms with Crippen molar-refractivity contribution in [3.05, 3.63) is 53.1 Å². The lowest BCUT2D eigenvalue weighted by Crippen LogP contribution is -2.39. The van der Waals surface area contributed by atoms with Gasteiger partial charge >= 0.3 is 0 Å². The van der Waals surface area contributed by atoms with E-state index in [1.807, 2.05) is 24.3 Å². The fraction of sp³-hybridized carbons (Fsp3) is 0.353. The highest BCUT2D eigenvalue weighted by molar-refractivity contribution is 5.81. The molecule has 2 aromatic rings. The average Bonchev–Trinajstić information content (AvgIpc) is 3.04. The van der Waals surface area contributed by atoms with E-state index < -0.39 is 6.10 Å². The van der Waals surface area contributed by atoms with E-state index >= 15 is 0 Å². The first-order valence-corrected chi connectivity index (χ1v) is 7.74. The zero-order valence-electron chi connectivity index (χ0n) is 13.5. The molecule has 1 amide bonds. The van der Waals surface area contributed by atoms with E-state index in [4.69, 9.17) is 10.5 Å². The van der Waals surface area contributed by atoms with Gasteiger partial charge in [0.05, 0.1) is 19.3 Å². The van der Waals surface area contributed by atoms with Gasteiger partial charge in [-0.05, 0) is 17.7 Å². The summed E-state index contributed by atoms with van der Waals surface area (Å²) in [5.41, 5.74) is 8.16. The third-order valence-corrected chi connectivity index (χ3v) is 4.05. The van der Waals surface area contributed by atoms with Gasteiger partial charge in [-0.2, -0.15) is 0 Å². The maximum Gasteiger partial charge on any atom is 0.253 e. The molecule has 1 unspecified atom stereocenters. The summed E-state index contributed by atoms with van der Waals surface area (Å²) in [7, 11) is 1.63. The quantitative estimate of drug-likeness (QED) is 0.815. The Morgan fingerprint density at radius 2 is 2.12 bits per heavy atom. The zero-order valence-corrected chi connectivity index (χ0v) is 13.5. The molecular formula is C17H20N4O3. The number of aromatic nitrogens is 2. The molecule has 0 bridgehead atoms. The summed E-state index contributed by atoms with van der Waals surface area (Å²) in [4.78, 5) is 22.5. The lowest BCUT2D eigenvalue weighted by Gasteiger charge is -2.17. The second-order valence-corrected chi connectivity index (χ2v) is 5.73. The molecule has 0 radical (unpaired) electrons. The third kappa shape index (κ3) is 3.37. The minimum Gasteiger partial charge on any atom is -0.497 e. The van der Waals surface area contributed by atoms with Crippen molar-refractivity contribution in [1.82, 2.24) is 14.9 Å². The first-order valence-electron chi connectivity index (χ1n) is 7.74.